The maximum absolute atomic E-state index is 13.4. The highest BCUT2D eigenvalue weighted by Gasteiger charge is 2.25. The summed E-state index contributed by atoms with van der Waals surface area (Å²) in [5, 5.41) is 1.62. The minimum absolute atomic E-state index is 0.0587. The highest BCUT2D eigenvalue weighted by atomic mass is 32.2. The summed E-state index contributed by atoms with van der Waals surface area (Å²) in [7, 11) is 1.62. The van der Waals surface area contributed by atoms with E-state index < -0.39 is 0 Å². The number of fused-ring (bicyclic) bond motifs is 4. The van der Waals surface area contributed by atoms with Gasteiger partial charge in [0.15, 0.2) is 5.16 Å². The van der Waals surface area contributed by atoms with Gasteiger partial charge in [-0.25, -0.2) is 4.98 Å². The summed E-state index contributed by atoms with van der Waals surface area (Å²) in [6.45, 7) is 2.44. The highest BCUT2D eigenvalue weighted by Crippen LogP contribution is 2.32. The van der Waals surface area contributed by atoms with Gasteiger partial charge in [0.05, 0.1) is 12.6 Å². The number of benzene rings is 1. The van der Waals surface area contributed by atoms with Crippen LogP contribution in [0.3, 0.4) is 0 Å². The summed E-state index contributed by atoms with van der Waals surface area (Å²) in [5.41, 5.74) is 1.97. The molecule has 2 aliphatic rings. The third-order valence-electron chi connectivity index (χ3n) is 5.64. The molecule has 28 heavy (non-hydrogen) atoms. The first kappa shape index (κ1) is 17.6. The van der Waals surface area contributed by atoms with Gasteiger partial charge in [-0.1, -0.05) is 11.8 Å². The SMILES string of the molecule is COc1ccc2c(c1)c1nc3n(c(=O)c1n2CC(=O)N1CCCC1)CCCS3. The lowest BCUT2D eigenvalue weighted by Gasteiger charge is -2.18. The molecule has 2 aromatic heterocycles. The molecule has 3 aromatic rings. The molecule has 4 heterocycles. The van der Waals surface area contributed by atoms with Crippen LogP contribution in [0.4, 0.5) is 0 Å². The fourth-order valence-corrected chi connectivity index (χ4v) is 5.15. The summed E-state index contributed by atoms with van der Waals surface area (Å²) in [4.78, 5) is 32.9. The molecule has 1 aromatic carbocycles. The van der Waals surface area contributed by atoms with Crippen LogP contribution in [0.5, 0.6) is 5.75 Å². The number of hydrogen-bond donors (Lipinski definition) is 0. The predicted molar refractivity (Wildman–Crippen MR) is 109 cm³/mol. The number of carbonyl (C=O) groups is 1. The van der Waals surface area contributed by atoms with E-state index in [0.29, 0.717) is 23.3 Å². The molecular weight excluding hydrogens is 376 g/mol. The summed E-state index contributed by atoms with van der Waals surface area (Å²) < 4.78 is 8.99. The Morgan fingerprint density at radius 1 is 1.21 bits per heavy atom. The zero-order valence-corrected chi connectivity index (χ0v) is 16.6. The number of likely N-dealkylation sites (tertiary alicyclic amines) is 1. The van der Waals surface area contributed by atoms with E-state index in [1.165, 1.54) is 0 Å². The minimum atomic E-state index is -0.0587. The Labute approximate surface area is 166 Å². The quantitative estimate of drug-likeness (QED) is 0.634. The summed E-state index contributed by atoms with van der Waals surface area (Å²) in [6.07, 6.45) is 3.04. The Morgan fingerprint density at radius 2 is 2.04 bits per heavy atom. The molecule has 146 valence electrons. The van der Waals surface area contributed by atoms with Crippen molar-refractivity contribution in [1.29, 1.82) is 0 Å². The smallest absolute Gasteiger partial charge is 0.278 e. The first-order chi connectivity index (χ1) is 13.7. The number of methoxy groups -OCH3 is 1. The van der Waals surface area contributed by atoms with Gasteiger partial charge in [0.2, 0.25) is 5.91 Å². The zero-order chi connectivity index (χ0) is 19.3. The van der Waals surface area contributed by atoms with Gasteiger partial charge in [-0.3, -0.25) is 14.2 Å². The van der Waals surface area contributed by atoms with E-state index in [9.17, 15) is 9.59 Å². The van der Waals surface area contributed by atoms with E-state index in [1.807, 2.05) is 27.7 Å². The standard InChI is InChI=1S/C20H22N4O3S/c1-27-13-5-6-15-14(11-13)17-18(19(26)23-9-4-10-28-20(23)21-17)24(15)12-16(25)22-7-2-3-8-22/h5-6,11H,2-4,7-10,12H2,1H3. The van der Waals surface area contributed by atoms with Crippen LogP contribution >= 0.6 is 11.8 Å². The molecule has 0 aliphatic carbocycles. The average Bonchev–Trinajstić information content (AvgIpc) is 3.36. The third kappa shape index (κ3) is 2.70. The molecule has 1 fully saturated rings. The normalized spacial score (nSPS) is 16.7. The van der Waals surface area contributed by atoms with Crippen molar-refractivity contribution in [3.8, 4) is 5.75 Å². The van der Waals surface area contributed by atoms with Crippen LogP contribution in [0.1, 0.15) is 19.3 Å². The van der Waals surface area contributed by atoms with E-state index in [2.05, 4.69) is 0 Å². The molecule has 1 amide bonds. The summed E-state index contributed by atoms with van der Waals surface area (Å²) in [5.74, 6) is 1.74. The molecule has 0 N–H and O–H groups in total. The van der Waals surface area contributed by atoms with Crippen molar-refractivity contribution in [3.63, 3.8) is 0 Å². The molecule has 8 heteroatoms. The van der Waals surface area contributed by atoms with E-state index in [0.717, 1.165) is 54.2 Å². The first-order valence-electron chi connectivity index (χ1n) is 9.69. The maximum Gasteiger partial charge on any atom is 0.278 e. The first-order valence-corrected chi connectivity index (χ1v) is 10.7. The molecule has 0 saturated carbocycles. The molecule has 0 atom stereocenters. The average molecular weight is 398 g/mol. The van der Waals surface area contributed by atoms with Crippen LogP contribution in [0.2, 0.25) is 0 Å². The Morgan fingerprint density at radius 3 is 2.82 bits per heavy atom. The Balaban J connectivity index is 1.76. The lowest BCUT2D eigenvalue weighted by Crippen LogP contribution is -2.32. The maximum atomic E-state index is 13.4. The molecule has 0 spiro atoms. The van der Waals surface area contributed by atoms with E-state index >= 15 is 0 Å². The van der Waals surface area contributed by atoms with Crippen molar-refractivity contribution in [2.75, 3.05) is 26.0 Å². The molecule has 0 bridgehead atoms. The van der Waals surface area contributed by atoms with Gasteiger partial charge < -0.3 is 14.2 Å². The van der Waals surface area contributed by atoms with Gasteiger partial charge in [-0.15, -0.1) is 0 Å². The molecule has 0 unspecified atom stereocenters. The van der Waals surface area contributed by atoms with Crippen LogP contribution in [0, 0.1) is 0 Å². The van der Waals surface area contributed by atoms with Crippen molar-refractivity contribution in [3.05, 3.63) is 28.6 Å². The number of thioether (sulfide) groups is 1. The van der Waals surface area contributed by atoms with Gasteiger partial charge in [0, 0.05) is 30.8 Å². The van der Waals surface area contributed by atoms with Crippen molar-refractivity contribution in [1.82, 2.24) is 19.0 Å². The Hall–Kier alpha value is -2.48. The fraction of sp³-hybridized carbons (Fsp3) is 0.450. The number of aromatic nitrogens is 3. The number of nitrogens with zero attached hydrogens (tertiary/aromatic N) is 4. The van der Waals surface area contributed by atoms with E-state index in [4.69, 9.17) is 9.72 Å². The second-order valence-corrected chi connectivity index (χ2v) is 8.37. The van der Waals surface area contributed by atoms with Gasteiger partial charge >= 0.3 is 0 Å². The van der Waals surface area contributed by atoms with Gasteiger partial charge in [-0.05, 0) is 37.5 Å². The summed E-state index contributed by atoms with van der Waals surface area (Å²) >= 11 is 1.62. The van der Waals surface area contributed by atoms with Crippen LogP contribution in [-0.4, -0.2) is 50.9 Å². The Kier molecular flexibility index (Phi) is 4.30. The lowest BCUT2D eigenvalue weighted by molar-refractivity contribution is -0.130. The number of amides is 1. The van der Waals surface area contributed by atoms with Crippen LogP contribution in [0.15, 0.2) is 28.2 Å². The molecule has 7 nitrogen and oxygen atoms in total. The van der Waals surface area contributed by atoms with Gasteiger partial charge in [0.25, 0.3) is 5.56 Å². The van der Waals surface area contributed by atoms with Crippen molar-refractivity contribution >= 4 is 39.6 Å². The number of carbonyl (C=O) groups excluding carboxylic acids is 1. The summed E-state index contributed by atoms with van der Waals surface area (Å²) in [6, 6.07) is 5.69. The van der Waals surface area contributed by atoms with Crippen molar-refractivity contribution in [2.45, 2.75) is 37.5 Å². The molecule has 0 radical (unpaired) electrons. The minimum Gasteiger partial charge on any atom is -0.497 e. The number of ether oxygens (including phenoxy) is 1. The second kappa shape index (κ2) is 6.84. The molecule has 1 saturated heterocycles. The van der Waals surface area contributed by atoms with Crippen molar-refractivity contribution < 1.29 is 9.53 Å². The molecular formula is C20H22N4O3S. The zero-order valence-electron chi connectivity index (χ0n) is 15.8. The topological polar surface area (TPSA) is 69.4 Å². The predicted octanol–water partition coefficient (Wildman–Crippen LogP) is 2.48. The van der Waals surface area contributed by atoms with E-state index in [1.54, 1.807) is 23.4 Å². The largest absolute Gasteiger partial charge is 0.497 e. The lowest BCUT2D eigenvalue weighted by atomic mass is 10.2. The second-order valence-electron chi connectivity index (χ2n) is 7.31. The van der Waals surface area contributed by atoms with Crippen LogP contribution < -0.4 is 10.3 Å². The number of hydrogen-bond acceptors (Lipinski definition) is 5. The van der Waals surface area contributed by atoms with Crippen molar-refractivity contribution in [2.24, 2.45) is 0 Å². The van der Waals surface area contributed by atoms with Gasteiger partial charge in [0.1, 0.15) is 23.3 Å². The van der Waals surface area contributed by atoms with Crippen LogP contribution in [0.25, 0.3) is 21.9 Å². The van der Waals surface area contributed by atoms with Crippen LogP contribution in [-0.2, 0) is 17.9 Å². The third-order valence-corrected chi connectivity index (χ3v) is 6.70. The number of rotatable bonds is 3. The molecule has 2 aliphatic heterocycles. The molecule has 5 rings (SSSR count). The fourth-order valence-electron chi connectivity index (χ4n) is 4.20. The monoisotopic (exact) mass is 398 g/mol. The van der Waals surface area contributed by atoms with E-state index in [-0.39, 0.29) is 18.0 Å². The van der Waals surface area contributed by atoms with Gasteiger partial charge in [-0.2, -0.15) is 0 Å². The highest BCUT2D eigenvalue weighted by molar-refractivity contribution is 7.99. The Bertz CT molecular complexity index is 1140.